The van der Waals surface area contributed by atoms with Crippen LogP contribution < -0.4 is 0 Å². The predicted molar refractivity (Wildman–Crippen MR) is 117 cm³/mol. The van der Waals surface area contributed by atoms with Gasteiger partial charge in [-0.2, -0.15) is 5.10 Å². The number of hydrogen-bond acceptors (Lipinski definition) is 5. The lowest BCUT2D eigenvalue weighted by atomic mass is 10.1. The van der Waals surface area contributed by atoms with Gasteiger partial charge in [-0.25, -0.2) is 4.79 Å². The Kier molecular flexibility index (Phi) is 7.67. The Bertz CT molecular complexity index is 805. The molecule has 6 heteroatoms. The highest BCUT2D eigenvalue weighted by atomic mass is 16.6. The molecule has 1 fully saturated rings. The Morgan fingerprint density at radius 2 is 1.90 bits per heavy atom. The Balaban J connectivity index is 1.85. The molecule has 0 amide bonds. The Labute approximate surface area is 180 Å². The van der Waals surface area contributed by atoms with Crippen molar-refractivity contribution in [2.45, 2.75) is 71.7 Å². The summed E-state index contributed by atoms with van der Waals surface area (Å²) in [7, 11) is 0. The first kappa shape index (κ1) is 22.5. The van der Waals surface area contributed by atoms with E-state index in [-0.39, 0.29) is 12.0 Å². The van der Waals surface area contributed by atoms with Gasteiger partial charge >= 0.3 is 5.97 Å². The molecule has 0 bridgehead atoms. The topological polar surface area (TPSA) is 56.6 Å². The van der Waals surface area contributed by atoms with Crippen molar-refractivity contribution >= 4 is 5.97 Å². The molecule has 1 aliphatic heterocycles. The number of carbonyl (C=O) groups excluding carboxylic acids is 1. The van der Waals surface area contributed by atoms with Gasteiger partial charge < -0.3 is 9.47 Å². The van der Waals surface area contributed by atoms with Gasteiger partial charge in [-0.05, 0) is 52.1 Å². The minimum Gasteiger partial charge on any atom is -0.455 e. The van der Waals surface area contributed by atoms with Gasteiger partial charge in [-0.3, -0.25) is 9.58 Å². The van der Waals surface area contributed by atoms with Crippen molar-refractivity contribution in [2.24, 2.45) is 0 Å². The van der Waals surface area contributed by atoms with E-state index in [0.717, 1.165) is 51.1 Å². The molecule has 30 heavy (non-hydrogen) atoms. The van der Waals surface area contributed by atoms with Gasteiger partial charge in [0.15, 0.2) is 5.69 Å². The van der Waals surface area contributed by atoms with Crippen LogP contribution in [-0.4, -0.2) is 46.0 Å². The number of rotatable bonds is 8. The van der Waals surface area contributed by atoms with Crippen LogP contribution >= 0.6 is 0 Å². The third-order valence-electron chi connectivity index (χ3n) is 5.15. The smallest absolute Gasteiger partial charge is 0.359 e. The summed E-state index contributed by atoms with van der Waals surface area (Å²) in [5.74, 6) is -0.348. The fourth-order valence-corrected chi connectivity index (χ4v) is 3.79. The summed E-state index contributed by atoms with van der Waals surface area (Å²) in [5.41, 5.74) is 2.08. The Morgan fingerprint density at radius 3 is 2.53 bits per heavy atom. The van der Waals surface area contributed by atoms with Crippen LogP contribution in [0.5, 0.6) is 0 Å². The first-order valence-corrected chi connectivity index (χ1v) is 11.0. The lowest BCUT2D eigenvalue weighted by Crippen LogP contribution is -2.27. The summed E-state index contributed by atoms with van der Waals surface area (Å²) >= 11 is 0. The van der Waals surface area contributed by atoms with Crippen LogP contribution in [0.1, 0.15) is 74.6 Å². The zero-order valence-electron chi connectivity index (χ0n) is 18.8. The normalized spacial score (nSPS) is 15.5. The van der Waals surface area contributed by atoms with E-state index in [1.165, 1.54) is 5.56 Å². The van der Waals surface area contributed by atoms with Crippen LogP contribution in [0.2, 0.25) is 0 Å². The van der Waals surface area contributed by atoms with E-state index < -0.39 is 5.60 Å². The number of benzene rings is 1. The number of hydrogen-bond donors (Lipinski definition) is 0. The minimum atomic E-state index is -0.552. The molecular weight excluding hydrogens is 378 g/mol. The molecule has 0 N–H and O–H groups in total. The van der Waals surface area contributed by atoms with E-state index in [9.17, 15) is 4.79 Å². The fourth-order valence-electron chi connectivity index (χ4n) is 3.79. The maximum atomic E-state index is 12.9. The fraction of sp³-hybridized carbons (Fsp3) is 0.583. The molecule has 0 saturated carbocycles. The SMILES string of the molecule is CCCN(Cc1ccccc1)Cc1cn(C2CCOCC2)nc1C(=O)OC(C)(C)C. The van der Waals surface area contributed by atoms with Crippen LogP contribution in [0.3, 0.4) is 0 Å². The lowest BCUT2D eigenvalue weighted by molar-refractivity contribution is 0.00587. The standard InChI is InChI=1S/C24H35N3O3/c1-5-13-26(16-19-9-7-6-8-10-19)17-20-18-27(21-11-14-29-15-12-21)25-22(20)23(28)30-24(2,3)4/h6-10,18,21H,5,11-17H2,1-4H3. The average molecular weight is 414 g/mol. The van der Waals surface area contributed by atoms with E-state index in [0.29, 0.717) is 12.2 Å². The molecule has 1 aliphatic rings. The molecule has 2 aromatic rings. The molecule has 1 saturated heterocycles. The molecule has 3 rings (SSSR count). The minimum absolute atomic E-state index is 0.266. The average Bonchev–Trinajstić information content (AvgIpc) is 3.12. The monoisotopic (exact) mass is 413 g/mol. The molecule has 2 heterocycles. The highest BCUT2D eigenvalue weighted by Crippen LogP contribution is 2.24. The van der Waals surface area contributed by atoms with Crippen molar-refractivity contribution in [3.63, 3.8) is 0 Å². The van der Waals surface area contributed by atoms with Crippen molar-refractivity contribution in [1.29, 1.82) is 0 Å². The second-order valence-electron chi connectivity index (χ2n) is 9.02. The molecule has 0 atom stereocenters. The maximum Gasteiger partial charge on any atom is 0.359 e. The first-order chi connectivity index (χ1) is 14.4. The summed E-state index contributed by atoms with van der Waals surface area (Å²) < 4.78 is 13.1. The molecule has 1 aromatic heterocycles. The number of carbonyl (C=O) groups is 1. The number of ether oxygens (including phenoxy) is 2. The van der Waals surface area contributed by atoms with Crippen molar-refractivity contribution in [3.05, 3.63) is 53.3 Å². The predicted octanol–water partition coefficient (Wildman–Crippen LogP) is 4.60. The van der Waals surface area contributed by atoms with Crippen LogP contribution in [0, 0.1) is 0 Å². The van der Waals surface area contributed by atoms with E-state index >= 15 is 0 Å². The van der Waals surface area contributed by atoms with Crippen molar-refractivity contribution in [3.8, 4) is 0 Å². The highest BCUT2D eigenvalue weighted by molar-refractivity contribution is 5.89. The highest BCUT2D eigenvalue weighted by Gasteiger charge is 2.27. The summed E-state index contributed by atoms with van der Waals surface area (Å²) in [4.78, 5) is 15.3. The van der Waals surface area contributed by atoms with Crippen LogP contribution in [0.15, 0.2) is 36.5 Å². The Hall–Kier alpha value is -2.18. The van der Waals surface area contributed by atoms with Gasteiger partial charge in [0.05, 0.1) is 6.04 Å². The molecule has 0 radical (unpaired) electrons. The van der Waals surface area contributed by atoms with Gasteiger partial charge in [0, 0.05) is 38.1 Å². The van der Waals surface area contributed by atoms with E-state index in [4.69, 9.17) is 14.6 Å². The van der Waals surface area contributed by atoms with Gasteiger partial charge in [-0.1, -0.05) is 37.3 Å². The third-order valence-corrected chi connectivity index (χ3v) is 5.15. The van der Waals surface area contributed by atoms with Gasteiger partial charge in [-0.15, -0.1) is 0 Å². The summed E-state index contributed by atoms with van der Waals surface area (Å²) in [5, 5.41) is 4.70. The summed E-state index contributed by atoms with van der Waals surface area (Å²) in [6.45, 7) is 11.8. The molecule has 0 spiro atoms. The largest absolute Gasteiger partial charge is 0.455 e. The van der Waals surface area contributed by atoms with Crippen molar-refractivity contribution in [1.82, 2.24) is 14.7 Å². The van der Waals surface area contributed by atoms with Gasteiger partial charge in [0.25, 0.3) is 0 Å². The van der Waals surface area contributed by atoms with Gasteiger partial charge in [0.1, 0.15) is 5.60 Å². The van der Waals surface area contributed by atoms with Gasteiger partial charge in [0.2, 0.25) is 0 Å². The zero-order valence-corrected chi connectivity index (χ0v) is 18.8. The molecule has 164 valence electrons. The quantitative estimate of drug-likeness (QED) is 0.592. The molecule has 0 unspecified atom stereocenters. The number of esters is 1. The zero-order chi connectivity index (χ0) is 21.6. The first-order valence-electron chi connectivity index (χ1n) is 11.0. The lowest BCUT2D eigenvalue weighted by Gasteiger charge is -2.23. The second kappa shape index (κ2) is 10.2. The molecule has 1 aromatic carbocycles. The number of nitrogens with zero attached hydrogens (tertiary/aromatic N) is 3. The summed E-state index contributed by atoms with van der Waals surface area (Å²) in [6, 6.07) is 10.7. The molecule has 6 nitrogen and oxygen atoms in total. The van der Waals surface area contributed by atoms with Crippen LogP contribution in [0.25, 0.3) is 0 Å². The van der Waals surface area contributed by atoms with E-state index in [1.807, 2.05) is 37.7 Å². The second-order valence-corrected chi connectivity index (χ2v) is 9.02. The van der Waals surface area contributed by atoms with Crippen molar-refractivity contribution in [2.75, 3.05) is 19.8 Å². The number of aromatic nitrogens is 2. The van der Waals surface area contributed by atoms with E-state index in [2.05, 4.69) is 36.1 Å². The summed E-state index contributed by atoms with van der Waals surface area (Å²) in [6.07, 6.45) is 4.92. The van der Waals surface area contributed by atoms with E-state index in [1.54, 1.807) is 0 Å². The molecular formula is C24H35N3O3. The Morgan fingerprint density at radius 1 is 1.20 bits per heavy atom. The van der Waals surface area contributed by atoms with Crippen molar-refractivity contribution < 1.29 is 14.3 Å². The third kappa shape index (κ3) is 6.41. The molecule has 0 aliphatic carbocycles. The van der Waals surface area contributed by atoms with Crippen LogP contribution in [0.4, 0.5) is 0 Å². The van der Waals surface area contributed by atoms with Crippen LogP contribution in [-0.2, 0) is 22.6 Å². The maximum absolute atomic E-state index is 12.9.